The zero-order valence-corrected chi connectivity index (χ0v) is 14.1. The first kappa shape index (κ1) is 16.8. The monoisotopic (exact) mass is 356 g/mol. The Morgan fingerprint density at radius 3 is 2.41 bits per heavy atom. The average Bonchev–Trinajstić information content (AvgIpc) is 2.50. The Balaban J connectivity index is 2.30. The van der Waals surface area contributed by atoms with Crippen LogP contribution in [0.1, 0.15) is 18.9 Å². The lowest BCUT2D eigenvalue weighted by atomic mass is 10.1. The van der Waals surface area contributed by atoms with Gasteiger partial charge >= 0.3 is 0 Å². The zero-order valence-electron chi connectivity index (χ0n) is 11.8. The van der Waals surface area contributed by atoms with Crippen molar-refractivity contribution >= 4 is 38.9 Å². The molecule has 0 bridgehead atoms. The Kier molecular flexibility index (Phi) is 5.45. The van der Waals surface area contributed by atoms with Crippen LogP contribution in [0.5, 0.6) is 0 Å². The standard InChI is InChI=1S/C15H14Cl2N2O2S/c1-2-15(13-9-8-11(16)10-14(13)17)18-19-22(20,21)12-6-4-3-5-7-12/h3-10,19H,2H2,1H3. The van der Waals surface area contributed by atoms with Crippen molar-refractivity contribution in [3.05, 3.63) is 64.1 Å². The van der Waals surface area contributed by atoms with Gasteiger partial charge in [-0.2, -0.15) is 18.4 Å². The summed E-state index contributed by atoms with van der Waals surface area (Å²) in [5.74, 6) is 0. The molecule has 22 heavy (non-hydrogen) atoms. The fourth-order valence-corrected chi connectivity index (χ4v) is 3.19. The van der Waals surface area contributed by atoms with Crippen molar-refractivity contribution in [2.45, 2.75) is 18.2 Å². The first-order valence-electron chi connectivity index (χ1n) is 6.53. The molecule has 1 N–H and O–H groups in total. The zero-order chi connectivity index (χ0) is 16.2. The van der Waals surface area contributed by atoms with Gasteiger partial charge in [-0.3, -0.25) is 0 Å². The van der Waals surface area contributed by atoms with E-state index in [0.717, 1.165) is 0 Å². The van der Waals surface area contributed by atoms with Crippen LogP contribution in [0.25, 0.3) is 0 Å². The second-order valence-electron chi connectivity index (χ2n) is 4.44. The van der Waals surface area contributed by atoms with Crippen molar-refractivity contribution in [1.82, 2.24) is 4.83 Å². The average molecular weight is 357 g/mol. The number of hydrazone groups is 1. The third-order valence-corrected chi connectivity index (χ3v) is 4.70. The Hall–Kier alpha value is -1.56. The molecular formula is C15H14Cl2N2O2S. The maximum Gasteiger partial charge on any atom is 0.276 e. The van der Waals surface area contributed by atoms with Crippen LogP contribution in [0, 0.1) is 0 Å². The van der Waals surface area contributed by atoms with Crippen LogP contribution < -0.4 is 4.83 Å². The summed E-state index contributed by atoms with van der Waals surface area (Å²) in [7, 11) is -3.70. The van der Waals surface area contributed by atoms with E-state index in [4.69, 9.17) is 23.2 Å². The summed E-state index contributed by atoms with van der Waals surface area (Å²) in [6.07, 6.45) is 0.513. The van der Waals surface area contributed by atoms with E-state index in [1.54, 1.807) is 36.4 Å². The number of sulfonamides is 1. The normalized spacial score (nSPS) is 12.2. The molecule has 0 spiro atoms. The predicted molar refractivity (Wildman–Crippen MR) is 90.1 cm³/mol. The Morgan fingerprint density at radius 1 is 1.14 bits per heavy atom. The molecule has 116 valence electrons. The summed E-state index contributed by atoms with van der Waals surface area (Å²) >= 11 is 12.0. The quantitative estimate of drug-likeness (QED) is 0.647. The number of halogens is 2. The van der Waals surface area contributed by atoms with Crippen LogP contribution in [0.2, 0.25) is 10.0 Å². The maximum atomic E-state index is 12.2. The van der Waals surface area contributed by atoms with Gasteiger partial charge in [-0.25, -0.2) is 0 Å². The fourth-order valence-electron chi connectivity index (χ4n) is 1.82. The first-order chi connectivity index (χ1) is 10.4. The van der Waals surface area contributed by atoms with E-state index in [9.17, 15) is 8.42 Å². The summed E-state index contributed by atoms with van der Waals surface area (Å²) < 4.78 is 24.3. The van der Waals surface area contributed by atoms with Crippen LogP contribution in [0.3, 0.4) is 0 Å². The van der Waals surface area contributed by atoms with Crippen molar-refractivity contribution in [3.8, 4) is 0 Å². The third-order valence-electron chi connectivity index (χ3n) is 2.93. The van der Waals surface area contributed by atoms with E-state index in [0.29, 0.717) is 27.7 Å². The van der Waals surface area contributed by atoms with Crippen LogP contribution in [0.4, 0.5) is 0 Å². The number of benzene rings is 2. The second kappa shape index (κ2) is 7.13. The van der Waals surface area contributed by atoms with Crippen LogP contribution in [-0.4, -0.2) is 14.1 Å². The van der Waals surface area contributed by atoms with Crippen molar-refractivity contribution < 1.29 is 8.42 Å². The molecule has 0 unspecified atom stereocenters. The molecule has 4 nitrogen and oxygen atoms in total. The fraction of sp³-hybridized carbons (Fsp3) is 0.133. The molecule has 2 aromatic rings. The topological polar surface area (TPSA) is 58.5 Å². The number of hydrogen-bond donors (Lipinski definition) is 1. The molecule has 2 aromatic carbocycles. The van der Waals surface area contributed by atoms with E-state index >= 15 is 0 Å². The Morgan fingerprint density at radius 2 is 1.82 bits per heavy atom. The highest BCUT2D eigenvalue weighted by Crippen LogP contribution is 2.22. The molecule has 0 fully saturated rings. The number of rotatable bonds is 5. The van der Waals surface area contributed by atoms with Crippen LogP contribution >= 0.6 is 23.2 Å². The van der Waals surface area contributed by atoms with Gasteiger partial charge in [0, 0.05) is 10.6 Å². The van der Waals surface area contributed by atoms with Gasteiger partial charge in [0.1, 0.15) is 0 Å². The molecule has 0 atom stereocenters. The summed E-state index contributed by atoms with van der Waals surface area (Å²) in [6, 6.07) is 13.0. The number of hydrogen-bond acceptors (Lipinski definition) is 3. The summed E-state index contributed by atoms with van der Waals surface area (Å²) in [6.45, 7) is 1.86. The van der Waals surface area contributed by atoms with Crippen molar-refractivity contribution in [1.29, 1.82) is 0 Å². The smallest absolute Gasteiger partial charge is 0.200 e. The molecule has 0 saturated carbocycles. The van der Waals surface area contributed by atoms with Gasteiger partial charge in [0.05, 0.1) is 15.6 Å². The van der Waals surface area contributed by atoms with E-state index in [1.165, 1.54) is 12.1 Å². The van der Waals surface area contributed by atoms with Gasteiger partial charge in [0.2, 0.25) is 0 Å². The highest BCUT2D eigenvalue weighted by molar-refractivity contribution is 7.89. The lowest BCUT2D eigenvalue weighted by Crippen LogP contribution is -2.20. The molecule has 0 aliphatic heterocycles. The van der Waals surface area contributed by atoms with Gasteiger partial charge in [-0.15, -0.1) is 0 Å². The van der Waals surface area contributed by atoms with Gasteiger partial charge in [-0.1, -0.05) is 54.4 Å². The minimum absolute atomic E-state index is 0.149. The van der Waals surface area contributed by atoms with Crippen molar-refractivity contribution in [2.24, 2.45) is 5.10 Å². The SMILES string of the molecule is CCC(=NNS(=O)(=O)c1ccccc1)c1ccc(Cl)cc1Cl. The molecule has 0 saturated heterocycles. The van der Waals surface area contributed by atoms with Gasteiger partial charge < -0.3 is 0 Å². The summed E-state index contributed by atoms with van der Waals surface area (Å²) in [5, 5.41) is 4.93. The molecule has 0 radical (unpaired) electrons. The van der Waals surface area contributed by atoms with Gasteiger partial charge in [0.25, 0.3) is 10.0 Å². The Labute approximate surface area is 139 Å². The van der Waals surface area contributed by atoms with Gasteiger partial charge in [-0.05, 0) is 30.7 Å². The van der Waals surface area contributed by atoms with E-state index in [2.05, 4.69) is 9.93 Å². The molecule has 0 amide bonds. The summed E-state index contributed by atoms with van der Waals surface area (Å²) in [5.41, 5.74) is 1.17. The van der Waals surface area contributed by atoms with Crippen molar-refractivity contribution in [2.75, 3.05) is 0 Å². The van der Waals surface area contributed by atoms with Crippen LogP contribution in [0.15, 0.2) is 58.5 Å². The number of nitrogens with one attached hydrogen (secondary N) is 1. The minimum Gasteiger partial charge on any atom is -0.200 e. The van der Waals surface area contributed by atoms with Crippen LogP contribution in [-0.2, 0) is 10.0 Å². The number of nitrogens with zero attached hydrogens (tertiary/aromatic N) is 1. The molecule has 0 aliphatic rings. The molecule has 0 aromatic heterocycles. The maximum absolute atomic E-state index is 12.2. The van der Waals surface area contributed by atoms with E-state index in [-0.39, 0.29) is 4.90 Å². The molecular weight excluding hydrogens is 343 g/mol. The van der Waals surface area contributed by atoms with Gasteiger partial charge in [0.15, 0.2) is 0 Å². The summed E-state index contributed by atoms with van der Waals surface area (Å²) in [4.78, 5) is 2.38. The lowest BCUT2D eigenvalue weighted by molar-refractivity contribution is 0.584. The largest absolute Gasteiger partial charge is 0.276 e. The van der Waals surface area contributed by atoms with E-state index in [1.807, 2.05) is 6.92 Å². The van der Waals surface area contributed by atoms with Crippen molar-refractivity contribution in [3.63, 3.8) is 0 Å². The second-order valence-corrected chi connectivity index (χ2v) is 6.95. The highest BCUT2D eigenvalue weighted by Gasteiger charge is 2.13. The first-order valence-corrected chi connectivity index (χ1v) is 8.77. The Bertz CT molecular complexity index is 790. The molecule has 7 heteroatoms. The third kappa shape index (κ3) is 4.00. The lowest BCUT2D eigenvalue weighted by Gasteiger charge is -2.08. The minimum atomic E-state index is -3.70. The highest BCUT2D eigenvalue weighted by atomic mass is 35.5. The molecule has 0 heterocycles. The molecule has 0 aliphatic carbocycles. The molecule has 2 rings (SSSR count). The van der Waals surface area contributed by atoms with E-state index < -0.39 is 10.0 Å². The predicted octanol–water partition coefficient (Wildman–Crippen LogP) is 4.09.